The van der Waals surface area contributed by atoms with Gasteiger partial charge in [-0.25, -0.2) is 0 Å². The number of benzene rings is 1. The Morgan fingerprint density at radius 3 is 3.05 bits per heavy atom. The summed E-state index contributed by atoms with van der Waals surface area (Å²) in [6.45, 7) is 0.783. The maximum atomic E-state index is 9.14. The van der Waals surface area contributed by atoms with Gasteiger partial charge in [-0.1, -0.05) is 0 Å². The summed E-state index contributed by atoms with van der Waals surface area (Å²) in [5.74, 6) is 1.45. The van der Waals surface area contributed by atoms with Gasteiger partial charge < -0.3 is 9.47 Å². The van der Waals surface area contributed by atoms with Crippen molar-refractivity contribution in [1.29, 1.82) is 5.26 Å². The highest BCUT2D eigenvalue weighted by Crippen LogP contribution is 2.30. The van der Waals surface area contributed by atoms with E-state index in [4.69, 9.17) is 14.7 Å². The molecule has 0 saturated heterocycles. The molecule has 1 aliphatic rings. The zero-order valence-corrected chi connectivity index (χ0v) is 11.2. The molecule has 0 fully saturated rings. The molecule has 1 aromatic carbocycles. The molecule has 100 valence electrons. The normalized spacial score (nSPS) is 13.0. The number of ether oxygens (including phenoxy) is 2. The Labute approximate surface area is 117 Å². The van der Waals surface area contributed by atoms with Crippen LogP contribution in [0.15, 0.2) is 30.5 Å². The molecule has 0 N–H and O–H groups in total. The molecule has 20 heavy (non-hydrogen) atoms. The highest BCUT2D eigenvalue weighted by molar-refractivity contribution is 5.65. The first-order valence-corrected chi connectivity index (χ1v) is 6.52. The lowest BCUT2D eigenvalue weighted by Gasteiger charge is -2.17. The molecule has 2 aromatic rings. The molecule has 1 aromatic heterocycles. The first kappa shape index (κ1) is 12.5. The molecule has 1 aliphatic heterocycles. The lowest BCUT2D eigenvalue weighted by atomic mass is 10.0. The van der Waals surface area contributed by atoms with Crippen molar-refractivity contribution in [2.45, 2.75) is 12.8 Å². The second-order valence-electron chi connectivity index (χ2n) is 4.66. The molecule has 0 radical (unpaired) electrons. The van der Waals surface area contributed by atoms with Crippen LogP contribution in [-0.4, -0.2) is 18.7 Å². The number of methoxy groups -OCH3 is 1. The fourth-order valence-electron chi connectivity index (χ4n) is 2.37. The van der Waals surface area contributed by atoms with E-state index in [0.29, 0.717) is 11.3 Å². The molecule has 4 heteroatoms. The van der Waals surface area contributed by atoms with Crippen molar-refractivity contribution in [2.24, 2.45) is 0 Å². The van der Waals surface area contributed by atoms with E-state index in [-0.39, 0.29) is 0 Å². The van der Waals surface area contributed by atoms with Gasteiger partial charge in [-0.15, -0.1) is 0 Å². The minimum Gasteiger partial charge on any atom is -0.494 e. The highest BCUT2D eigenvalue weighted by Gasteiger charge is 2.13. The third-order valence-corrected chi connectivity index (χ3v) is 3.41. The van der Waals surface area contributed by atoms with Crippen molar-refractivity contribution in [3.63, 3.8) is 0 Å². The van der Waals surface area contributed by atoms with Crippen LogP contribution in [0.5, 0.6) is 11.5 Å². The zero-order chi connectivity index (χ0) is 13.9. The van der Waals surface area contributed by atoms with E-state index in [1.54, 1.807) is 12.3 Å². The van der Waals surface area contributed by atoms with Gasteiger partial charge in [-0.05, 0) is 42.7 Å². The van der Waals surface area contributed by atoms with Crippen LogP contribution in [0.3, 0.4) is 0 Å². The summed E-state index contributed by atoms with van der Waals surface area (Å²) in [5.41, 5.74) is 3.46. The summed E-state index contributed by atoms with van der Waals surface area (Å²) in [6, 6.07) is 9.92. The number of pyridine rings is 1. The largest absolute Gasteiger partial charge is 0.494 e. The fourth-order valence-corrected chi connectivity index (χ4v) is 2.37. The van der Waals surface area contributed by atoms with Crippen LogP contribution >= 0.6 is 0 Å². The van der Waals surface area contributed by atoms with Gasteiger partial charge in [0.15, 0.2) is 5.75 Å². The summed E-state index contributed by atoms with van der Waals surface area (Å²) in [6.07, 6.45) is 3.64. The van der Waals surface area contributed by atoms with Crippen LogP contribution in [-0.2, 0) is 6.42 Å². The van der Waals surface area contributed by atoms with E-state index in [9.17, 15) is 0 Å². The maximum absolute atomic E-state index is 9.14. The van der Waals surface area contributed by atoms with Crippen molar-refractivity contribution in [3.8, 4) is 28.8 Å². The molecule has 0 amide bonds. The first-order valence-electron chi connectivity index (χ1n) is 6.52. The van der Waals surface area contributed by atoms with Crippen LogP contribution in [0.4, 0.5) is 0 Å². The van der Waals surface area contributed by atoms with E-state index in [1.807, 2.05) is 12.1 Å². The first-order chi connectivity index (χ1) is 9.81. The third kappa shape index (κ3) is 2.19. The molecule has 3 rings (SSSR count). The predicted molar refractivity (Wildman–Crippen MR) is 74.8 cm³/mol. The van der Waals surface area contributed by atoms with Crippen LogP contribution < -0.4 is 9.47 Å². The second kappa shape index (κ2) is 5.22. The number of nitriles is 1. The van der Waals surface area contributed by atoms with Gasteiger partial charge in [0.05, 0.1) is 31.2 Å². The maximum Gasteiger partial charge on any atom is 0.154 e. The number of nitrogens with zero attached hydrogens (tertiary/aromatic N) is 2. The molecule has 2 heterocycles. The summed E-state index contributed by atoms with van der Waals surface area (Å²) >= 11 is 0. The summed E-state index contributed by atoms with van der Waals surface area (Å²) in [7, 11) is 1.54. The Morgan fingerprint density at radius 1 is 1.35 bits per heavy atom. The molecule has 0 spiro atoms. The number of aromatic nitrogens is 1. The smallest absolute Gasteiger partial charge is 0.154 e. The Bertz CT molecular complexity index is 689. The van der Waals surface area contributed by atoms with Crippen molar-refractivity contribution >= 4 is 0 Å². The Morgan fingerprint density at radius 2 is 2.25 bits per heavy atom. The van der Waals surface area contributed by atoms with Crippen LogP contribution in [0.1, 0.15) is 17.5 Å². The second-order valence-corrected chi connectivity index (χ2v) is 4.66. The number of hydrogen-bond acceptors (Lipinski definition) is 4. The summed E-state index contributed by atoms with van der Waals surface area (Å²) < 4.78 is 10.7. The average molecular weight is 266 g/mol. The van der Waals surface area contributed by atoms with Gasteiger partial charge in [0.25, 0.3) is 0 Å². The minimum atomic E-state index is 0.492. The standard InChI is InChI=1S/C16H14N2O2/c1-19-16-10-18-14(8-13(16)9-17)11-4-5-15-12(7-11)3-2-6-20-15/h4-5,7-8,10H,2-3,6H2,1H3. The molecule has 0 unspecified atom stereocenters. The molecule has 0 saturated carbocycles. The van der Waals surface area contributed by atoms with Gasteiger partial charge in [0.2, 0.25) is 0 Å². The molecule has 0 aliphatic carbocycles. The quantitative estimate of drug-likeness (QED) is 0.838. The molecular formula is C16H14N2O2. The zero-order valence-electron chi connectivity index (χ0n) is 11.2. The Kier molecular flexibility index (Phi) is 3.26. The monoisotopic (exact) mass is 266 g/mol. The van der Waals surface area contributed by atoms with E-state index < -0.39 is 0 Å². The van der Waals surface area contributed by atoms with Crippen LogP contribution in [0, 0.1) is 11.3 Å². The van der Waals surface area contributed by atoms with Crippen LogP contribution in [0.2, 0.25) is 0 Å². The topological polar surface area (TPSA) is 55.1 Å². The van der Waals surface area contributed by atoms with Gasteiger partial charge in [-0.2, -0.15) is 5.26 Å². The fraction of sp³-hybridized carbons (Fsp3) is 0.250. The average Bonchev–Trinajstić information content (AvgIpc) is 2.53. The lowest BCUT2D eigenvalue weighted by molar-refractivity contribution is 0.288. The molecule has 0 atom stereocenters. The van der Waals surface area contributed by atoms with Crippen molar-refractivity contribution < 1.29 is 9.47 Å². The van der Waals surface area contributed by atoms with Gasteiger partial charge >= 0.3 is 0 Å². The number of hydrogen-bond donors (Lipinski definition) is 0. The van der Waals surface area contributed by atoms with Crippen molar-refractivity contribution in [3.05, 3.63) is 41.6 Å². The minimum absolute atomic E-state index is 0.492. The Balaban J connectivity index is 2.03. The molecular weight excluding hydrogens is 252 g/mol. The highest BCUT2D eigenvalue weighted by atomic mass is 16.5. The van der Waals surface area contributed by atoms with E-state index in [1.165, 1.54) is 12.7 Å². The van der Waals surface area contributed by atoms with Crippen LogP contribution in [0.25, 0.3) is 11.3 Å². The molecule has 0 bridgehead atoms. The van der Waals surface area contributed by atoms with Gasteiger partial charge in [0, 0.05) is 5.56 Å². The molecule has 4 nitrogen and oxygen atoms in total. The predicted octanol–water partition coefficient (Wildman–Crippen LogP) is 2.95. The van der Waals surface area contributed by atoms with Gasteiger partial charge in [0.1, 0.15) is 11.8 Å². The lowest BCUT2D eigenvalue weighted by Crippen LogP contribution is -2.08. The van der Waals surface area contributed by atoms with Crippen molar-refractivity contribution in [2.75, 3.05) is 13.7 Å². The summed E-state index contributed by atoms with van der Waals surface area (Å²) in [4.78, 5) is 4.36. The number of fused-ring (bicyclic) bond motifs is 1. The van der Waals surface area contributed by atoms with E-state index in [0.717, 1.165) is 36.5 Å². The van der Waals surface area contributed by atoms with E-state index >= 15 is 0 Å². The Hall–Kier alpha value is -2.54. The SMILES string of the molecule is COc1cnc(-c2ccc3c(c2)CCCO3)cc1C#N. The van der Waals surface area contributed by atoms with E-state index in [2.05, 4.69) is 17.1 Å². The van der Waals surface area contributed by atoms with Gasteiger partial charge in [-0.3, -0.25) is 4.98 Å². The number of aryl methyl sites for hydroxylation is 1. The van der Waals surface area contributed by atoms with Crippen molar-refractivity contribution in [1.82, 2.24) is 4.98 Å². The summed E-state index contributed by atoms with van der Waals surface area (Å²) in [5, 5.41) is 9.14. The number of rotatable bonds is 2. The third-order valence-electron chi connectivity index (χ3n) is 3.41.